The molecule has 0 unspecified atom stereocenters. The number of hydrogen-bond donors (Lipinski definition) is 1. The Hall–Kier alpha value is -3.88. The molecular formula is C24H18F3N3O3. The maximum atomic E-state index is 13.7. The number of halogens is 3. The van der Waals surface area contributed by atoms with Crippen molar-refractivity contribution >= 4 is 33.6 Å². The Balaban J connectivity index is 1.43. The molecule has 0 fully saturated rings. The molecule has 168 valence electrons. The van der Waals surface area contributed by atoms with Crippen LogP contribution in [0.1, 0.15) is 39.3 Å². The second kappa shape index (κ2) is 7.61. The second-order valence-corrected chi connectivity index (χ2v) is 7.92. The third kappa shape index (κ3) is 3.40. The summed E-state index contributed by atoms with van der Waals surface area (Å²) in [5.41, 5.74) is 0.147. The molecular weight excluding hydrogens is 435 g/mol. The number of pyridine rings is 1. The summed E-state index contributed by atoms with van der Waals surface area (Å²) in [5.74, 6) is -0.777. The summed E-state index contributed by atoms with van der Waals surface area (Å²) in [6.45, 7) is 0.362. The number of aryl methyl sites for hydroxylation is 1. The summed E-state index contributed by atoms with van der Waals surface area (Å²) in [7, 11) is 0. The Morgan fingerprint density at radius 1 is 0.879 bits per heavy atom. The highest BCUT2D eigenvalue weighted by Gasteiger charge is 2.37. The molecule has 6 nitrogen and oxygen atoms in total. The second-order valence-electron chi connectivity index (χ2n) is 7.92. The first kappa shape index (κ1) is 21.0. The highest BCUT2D eigenvalue weighted by atomic mass is 19.4. The molecule has 1 aliphatic heterocycles. The van der Waals surface area contributed by atoms with Crippen LogP contribution in [0.4, 0.5) is 13.2 Å². The lowest BCUT2D eigenvalue weighted by atomic mass is 10.1. The zero-order valence-corrected chi connectivity index (χ0v) is 17.3. The molecule has 0 bridgehead atoms. The number of alkyl halides is 3. The first-order chi connectivity index (χ1) is 15.8. The van der Waals surface area contributed by atoms with Crippen molar-refractivity contribution < 1.29 is 27.9 Å². The van der Waals surface area contributed by atoms with Crippen LogP contribution < -0.4 is 0 Å². The van der Waals surface area contributed by atoms with Crippen molar-refractivity contribution in [2.75, 3.05) is 6.54 Å². The molecule has 5 rings (SSSR count). The van der Waals surface area contributed by atoms with Gasteiger partial charge < -0.3 is 9.67 Å². The standard InChI is InChI=1S/C24H18F3N3O3/c25-24(26,27)21-20-16(9-10-28-21)15-8-7-14(31)13-19(15)29(20)11-3-4-12-30-22(32)17-5-1-2-6-18(17)23(30)33/h1-2,5-10,13,31H,3-4,11-12H2. The molecule has 4 aromatic rings. The molecule has 1 N–H and O–H groups in total. The van der Waals surface area contributed by atoms with Crippen LogP contribution in [-0.4, -0.2) is 37.9 Å². The van der Waals surface area contributed by atoms with Crippen LogP contribution >= 0.6 is 0 Å². The van der Waals surface area contributed by atoms with E-state index >= 15 is 0 Å². The summed E-state index contributed by atoms with van der Waals surface area (Å²) < 4.78 is 42.6. The Bertz CT molecular complexity index is 1390. The number of imide groups is 1. The van der Waals surface area contributed by atoms with E-state index in [-0.39, 0.29) is 36.2 Å². The van der Waals surface area contributed by atoms with Gasteiger partial charge in [0.25, 0.3) is 11.8 Å². The van der Waals surface area contributed by atoms with Crippen LogP contribution in [0.2, 0.25) is 0 Å². The molecule has 1 aliphatic rings. The molecule has 9 heteroatoms. The normalized spacial score (nSPS) is 14.0. The number of aromatic hydroxyl groups is 1. The number of phenolic OH excluding ortho intramolecular Hbond substituents is 1. The number of nitrogens with zero attached hydrogens (tertiary/aromatic N) is 3. The third-order valence-corrected chi connectivity index (χ3v) is 5.92. The van der Waals surface area contributed by atoms with E-state index in [4.69, 9.17) is 0 Å². The average Bonchev–Trinajstić information content (AvgIpc) is 3.22. The lowest BCUT2D eigenvalue weighted by Crippen LogP contribution is -2.30. The van der Waals surface area contributed by atoms with Gasteiger partial charge in [0, 0.05) is 36.1 Å². The Kier molecular flexibility index (Phi) is 4.84. The zero-order chi connectivity index (χ0) is 23.3. The summed E-state index contributed by atoms with van der Waals surface area (Å²) in [6, 6.07) is 12.6. The number of carbonyl (C=O) groups is 2. The Morgan fingerprint density at radius 2 is 1.55 bits per heavy atom. The number of phenols is 1. The minimum absolute atomic E-state index is 0.0497. The largest absolute Gasteiger partial charge is 0.508 e. The van der Waals surface area contributed by atoms with E-state index in [0.29, 0.717) is 40.3 Å². The lowest BCUT2D eigenvalue weighted by Gasteiger charge is -2.15. The van der Waals surface area contributed by atoms with Crippen LogP contribution in [0.15, 0.2) is 54.7 Å². The van der Waals surface area contributed by atoms with E-state index in [1.54, 1.807) is 30.3 Å². The Labute approximate surface area is 185 Å². The molecule has 0 saturated carbocycles. The molecule has 0 radical (unpaired) electrons. The number of rotatable bonds is 5. The van der Waals surface area contributed by atoms with Gasteiger partial charge in [-0.3, -0.25) is 14.5 Å². The van der Waals surface area contributed by atoms with Crippen molar-refractivity contribution in [2.24, 2.45) is 0 Å². The van der Waals surface area contributed by atoms with Crippen molar-refractivity contribution in [3.8, 4) is 5.75 Å². The van der Waals surface area contributed by atoms with Crippen molar-refractivity contribution in [3.05, 3.63) is 71.5 Å². The third-order valence-electron chi connectivity index (χ3n) is 5.92. The maximum absolute atomic E-state index is 13.7. The van der Waals surface area contributed by atoms with Gasteiger partial charge in [-0.25, -0.2) is 4.98 Å². The number of unbranched alkanes of at least 4 members (excludes halogenated alkanes) is 1. The van der Waals surface area contributed by atoms with E-state index in [9.17, 15) is 27.9 Å². The molecule has 0 saturated heterocycles. The SMILES string of the molecule is O=C1c2ccccc2C(=O)N1CCCCn1c2cc(O)ccc2c2ccnc(C(F)(F)F)c21. The summed E-state index contributed by atoms with van der Waals surface area (Å²) >= 11 is 0. The van der Waals surface area contributed by atoms with Crippen molar-refractivity contribution in [2.45, 2.75) is 25.6 Å². The molecule has 3 heterocycles. The average molecular weight is 453 g/mol. The van der Waals surface area contributed by atoms with E-state index in [1.807, 2.05) is 0 Å². The van der Waals surface area contributed by atoms with E-state index < -0.39 is 11.9 Å². The highest BCUT2D eigenvalue weighted by Crippen LogP contribution is 2.38. The van der Waals surface area contributed by atoms with Gasteiger partial charge in [-0.05, 0) is 43.2 Å². The quantitative estimate of drug-likeness (QED) is 0.341. The van der Waals surface area contributed by atoms with Crippen LogP contribution in [0.5, 0.6) is 5.75 Å². The first-order valence-corrected chi connectivity index (χ1v) is 10.4. The first-order valence-electron chi connectivity index (χ1n) is 10.4. The van der Waals surface area contributed by atoms with Gasteiger partial charge in [0.1, 0.15) is 5.75 Å². The molecule has 2 aromatic heterocycles. The molecule has 0 spiro atoms. The zero-order valence-electron chi connectivity index (χ0n) is 17.3. The van der Waals surface area contributed by atoms with Crippen molar-refractivity contribution in [1.82, 2.24) is 14.5 Å². The van der Waals surface area contributed by atoms with E-state index in [0.717, 1.165) is 6.20 Å². The topological polar surface area (TPSA) is 75.4 Å². The summed E-state index contributed by atoms with van der Waals surface area (Å²) in [6.07, 6.45) is -2.70. The van der Waals surface area contributed by atoms with Crippen molar-refractivity contribution in [3.63, 3.8) is 0 Å². The van der Waals surface area contributed by atoms with Gasteiger partial charge in [-0.2, -0.15) is 13.2 Å². The molecule has 0 aliphatic carbocycles. The number of carbonyl (C=O) groups excluding carboxylic acids is 2. The van der Waals surface area contributed by atoms with Crippen LogP contribution in [-0.2, 0) is 12.7 Å². The fourth-order valence-electron chi connectivity index (χ4n) is 4.46. The molecule has 0 atom stereocenters. The Morgan fingerprint density at radius 3 is 2.21 bits per heavy atom. The van der Waals surface area contributed by atoms with E-state index in [1.165, 1.54) is 27.7 Å². The van der Waals surface area contributed by atoms with Crippen LogP contribution in [0, 0.1) is 0 Å². The van der Waals surface area contributed by atoms with Gasteiger partial charge in [0.05, 0.1) is 22.2 Å². The minimum atomic E-state index is -4.64. The lowest BCUT2D eigenvalue weighted by molar-refractivity contribution is -0.140. The molecule has 2 aromatic carbocycles. The summed E-state index contributed by atoms with van der Waals surface area (Å²) in [5, 5.41) is 10.9. The van der Waals surface area contributed by atoms with E-state index in [2.05, 4.69) is 4.98 Å². The fourth-order valence-corrected chi connectivity index (χ4v) is 4.46. The highest BCUT2D eigenvalue weighted by molar-refractivity contribution is 6.21. The smallest absolute Gasteiger partial charge is 0.435 e. The van der Waals surface area contributed by atoms with Gasteiger partial charge in [-0.1, -0.05) is 12.1 Å². The number of benzene rings is 2. The van der Waals surface area contributed by atoms with Gasteiger partial charge in [0.2, 0.25) is 0 Å². The number of hydrogen-bond acceptors (Lipinski definition) is 4. The van der Waals surface area contributed by atoms with Gasteiger partial charge in [0.15, 0.2) is 5.69 Å². The van der Waals surface area contributed by atoms with Crippen LogP contribution in [0.3, 0.4) is 0 Å². The van der Waals surface area contributed by atoms with Gasteiger partial charge in [-0.15, -0.1) is 0 Å². The van der Waals surface area contributed by atoms with Gasteiger partial charge >= 0.3 is 6.18 Å². The van der Waals surface area contributed by atoms with Crippen LogP contribution in [0.25, 0.3) is 21.8 Å². The number of fused-ring (bicyclic) bond motifs is 4. The number of amides is 2. The minimum Gasteiger partial charge on any atom is -0.508 e. The fraction of sp³-hybridized carbons (Fsp3) is 0.208. The van der Waals surface area contributed by atoms with Crippen molar-refractivity contribution in [1.29, 1.82) is 0 Å². The number of aromatic nitrogens is 2. The molecule has 33 heavy (non-hydrogen) atoms. The maximum Gasteiger partial charge on any atom is 0.435 e. The monoisotopic (exact) mass is 453 g/mol. The predicted molar refractivity (Wildman–Crippen MR) is 115 cm³/mol. The predicted octanol–water partition coefficient (Wildman–Crippen LogP) is 4.99. The summed E-state index contributed by atoms with van der Waals surface area (Å²) in [4.78, 5) is 29.8. The molecule has 2 amide bonds.